The molecule has 0 saturated carbocycles. The Labute approximate surface area is 146 Å². The average molecular weight is 350 g/mol. The van der Waals surface area contributed by atoms with E-state index in [2.05, 4.69) is 4.90 Å². The number of nitrogens with zero attached hydrogens (tertiary/aromatic N) is 2. The predicted molar refractivity (Wildman–Crippen MR) is 92.0 cm³/mol. The number of methoxy groups -OCH3 is 1. The van der Waals surface area contributed by atoms with Gasteiger partial charge in [0.2, 0.25) is 5.91 Å². The first-order valence-corrected chi connectivity index (χ1v) is 9.13. The number of amides is 1. The largest absolute Gasteiger partial charge is 0.465 e. The van der Waals surface area contributed by atoms with Crippen LogP contribution in [0.1, 0.15) is 21.3 Å². The lowest BCUT2D eigenvalue weighted by Gasteiger charge is -2.30. The zero-order valence-electron chi connectivity index (χ0n) is 13.8. The minimum absolute atomic E-state index is 0.0187. The Morgan fingerprint density at radius 2 is 1.96 bits per heavy atom. The highest BCUT2D eigenvalue weighted by atomic mass is 32.2. The van der Waals surface area contributed by atoms with Crippen molar-refractivity contribution in [1.82, 2.24) is 9.80 Å². The van der Waals surface area contributed by atoms with Crippen LogP contribution in [0, 0.1) is 0 Å². The number of rotatable bonds is 5. The van der Waals surface area contributed by atoms with Crippen LogP contribution in [0.2, 0.25) is 0 Å². The van der Waals surface area contributed by atoms with E-state index < -0.39 is 0 Å². The van der Waals surface area contributed by atoms with Crippen LogP contribution in [0.3, 0.4) is 0 Å². The van der Waals surface area contributed by atoms with Crippen LogP contribution >= 0.6 is 11.8 Å². The first kappa shape index (κ1) is 17.3. The van der Waals surface area contributed by atoms with E-state index in [1.165, 1.54) is 7.11 Å². The fourth-order valence-corrected chi connectivity index (χ4v) is 4.17. The number of carbonyl (C=O) groups excluding carboxylic acids is 2. The Balaban J connectivity index is 1.64. The number of benzene rings is 1. The van der Waals surface area contributed by atoms with Gasteiger partial charge in [0, 0.05) is 26.2 Å². The normalized spacial score (nSPS) is 22.0. The van der Waals surface area contributed by atoms with E-state index in [1.54, 1.807) is 23.9 Å². The molecule has 24 heavy (non-hydrogen) atoms. The lowest BCUT2D eigenvalue weighted by Crippen LogP contribution is -2.42. The smallest absolute Gasteiger partial charge is 0.337 e. The van der Waals surface area contributed by atoms with E-state index in [0.717, 1.165) is 45.0 Å². The van der Waals surface area contributed by atoms with Gasteiger partial charge in [0.15, 0.2) is 0 Å². The van der Waals surface area contributed by atoms with Gasteiger partial charge >= 0.3 is 5.97 Å². The molecule has 2 aliphatic rings. The summed E-state index contributed by atoms with van der Waals surface area (Å²) in [5.41, 5.74) is 1.57. The summed E-state index contributed by atoms with van der Waals surface area (Å²) < 4.78 is 10.1. The highest BCUT2D eigenvalue weighted by Gasteiger charge is 2.32. The Kier molecular flexibility index (Phi) is 5.76. The molecule has 0 N–H and O–H groups in total. The fourth-order valence-electron chi connectivity index (χ4n) is 2.95. The molecular formula is C17H22N2O4S. The third-order valence-electron chi connectivity index (χ3n) is 4.35. The summed E-state index contributed by atoms with van der Waals surface area (Å²) in [6.07, 6.45) is 0. The molecule has 7 heteroatoms. The molecular weight excluding hydrogens is 328 g/mol. The van der Waals surface area contributed by atoms with Crippen LogP contribution in [-0.2, 0) is 14.3 Å². The number of thioether (sulfide) groups is 1. The maximum absolute atomic E-state index is 12.2. The van der Waals surface area contributed by atoms with Crippen molar-refractivity contribution in [2.75, 3.05) is 52.3 Å². The Bertz CT molecular complexity index is 587. The molecule has 0 aromatic heterocycles. The zero-order chi connectivity index (χ0) is 16.9. The molecule has 1 aromatic rings. The van der Waals surface area contributed by atoms with Gasteiger partial charge in [-0.2, -0.15) is 0 Å². The van der Waals surface area contributed by atoms with Crippen LogP contribution in [0.15, 0.2) is 24.3 Å². The number of hydrogen-bond acceptors (Lipinski definition) is 6. The van der Waals surface area contributed by atoms with Gasteiger partial charge in [-0.25, -0.2) is 4.79 Å². The standard InChI is InChI=1S/C17H22N2O4S/c1-22-17(21)14-4-2-13(3-5-14)16-19(15(20)12-24-16)7-6-18-8-10-23-11-9-18/h2-5,16H,6-12H2,1H3/t16-/m0/s1. The number of morpholine rings is 1. The first-order valence-electron chi connectivity index (χ1n) is 8.08. The maximum Gasteiger partial charge on any atom is 0.337 e. The Morgan fingerprint density at radius 1 is 1.25 bits per heavy atom. The second-order valence-corrected chi connectivity index (χ2v) is 6.89. The van der Waals surface area contributed by atoms with Crippen molar-refractivity contribution in [1.29, 1.82) is 0 Å². The van der Waals surface area contributed by atoms with Crippen LogP contribution in [0.4, 0.5) is 0 Å². The van der Waals surface area contributed by atoms with Crippen LogP contribution in [-0.4, -0.2) is 73.9 Å². The molecule has 6 nitrogen and oxygen atoms in total. The summed E-state index contributed by atoms with van der Waals surface area (Å²) in [6, 6.07) is 7.32. The number of esters is 1. The quantitative estimate of drug-likeness (QED) is 0.748. The molecule has 1 amide bonds. The van der Waals surface area contributed by atoms with E-state index in [9.17, 15) is 9.59 Å². The van der Waals surface area contributed by atoms with E-state index in [4.69, 9.17) is 9.47 Å². The zero-order valence-corrected chi connectivity index (χ0v) is 14.6. The van der Waals surface area contributed by atoms with Gasteiger partial charge in [0.1, 0.15) is 5.37 Å². The molecule has 1 aromatic carbocycles. The van der Waals surface area contributed by atoms with E-state index in [0.29, 0.717) is 11.3 Å². The summed E-state index contributed by atoms with van der Waals surface area (Å²) in [5.74, 6) is 0.336. The molecule has 2 saturated heterocycles. The van der Waals surface area contributed by atoms with Gasteiger partial charge in [0.05, 0.1) is 31.6 Å². The third kappa shape index (κ3) is 3.91. The highest BCUT2D eigenvalue weighted by Crippen LogP contribution is 2.38. The lowest BCUT2D eigenvalue weighted by atomic mass is 10.1. The summed E-state index contributed by atoms with van der Waals surface area (Å²) in [5, 5.41) is 0.0187. The van der Waals surface area contributed by atoms with Gasteiger partial charge in [-0.1, -0.05) is 12.1 Å². The number of carbonyl (C=O) groups is 2. The molecule has 3 rings (SSSR count). The first-order chi connectivity index (χ1) is 11.7. The molecule has 0 bridgehead atoms. The van der Waals surface area contributed by atoms with Gasteiger partial charge in [-0.05, 0) is 17.7 Å². The minimum atomic E-state index is -0.346. The summed E-state index contributed by atoms with van der Waals surface area (Å²) >= 11 is 1.64. The molecule has 2 fully saturated rings. The van der Waals surface area contributed by atoms with Crippen molar-refractivity contribution in [3.8, 4) is 0 Å². The molecule has 0 aliphatic carbocycles. The predicted octanol–water partition coefficient (Wildman–Crippen LogP) is 1.38. The average Bonchev–Trinajstić information content (AvgIpc) is 3.01. The summed E-state index contributed by atoms with van der Waals surface area (Å²) in [7, 11) is 1.37. The number of ether oxygens (including phenoxy) is 2. The lowest BCUT2D eigenvalue weighted by molar-refractivity contribution is -0.128. The van der Waals surface area contributed by atoms with Crippen LogP contribution < -0.4 is 0 Å². The van der Waals surface area contributed by atoms with E-state index >= 15 is 0 Å². The number of hydrogen-bond donors (Lipinski definition) is 0. The molecule has 0 unspecified atom stereocenters. The van der Waals surface area contributed by atoms with Gasteiger partial charge < -0.3 is 14.4 Å². The second-order valence-electron chi connectivity index (χ2n) is 5.82. The third-order valence-corrected chi connectivity index (χ3v) is 5.60. The summed E-state index contributed by atoms with van der Waals surface area (Å²) in [6.45, 7) is 4.96. The molecule has 2 aliphatic heterocycles. The van der Waals surface area contributed by atoms with Crippen LogP contribution in [0.5, 0.6) is 0 Å². The Morgan fingerprint density at radius 3 is 2.62 bits per heavy atom. The molecule has 130 valence electrons. The molecule has 1 atom stereocenters. The topological polar surface area (TPSA) is 59.1 Å². The van der Waals surface area contributed by atoms with E-state index in [1.807, 2.05) is 17.0 Å². The van der Waals surface area contributed by atoms with Crippen molar-refractivity contribution in [2.45, 2.75) is 5.37 Å². The molecule has 2 heterocycles. The maximum atomic E-state index is 12.2. The van der Waals surface area contributed by atoms with Crippen molar-refractivity contribution in [3.63, 3.8) is 0 Å². The van der Waals surface area contributed by atoms with Gasteiger partial charge in [0.25, 0.3) is 0 Å². The highest BCUT2D eigenvalue weighted by molar-refractivity contribution is 8.00. The molecule has 0 radical (unpaired) electrons. The van der Waals surface area contributed by atoms with E-state index in [-0.39, 0.29) is 17.3 Å². The van der Waals surface area contributed by atoms with Crippen LogP contribution in [0.25, 0.3) is 0 Å². The van der Waals surface area contributed by atoms with Crippen molar-refractivity contribution in [3.05, 3.63) is 35.4 Å². The monoisotopic (exact) mass is 350 g/mol. The fraction of sp³-hybridized carbons (Fsp3) is 0.529. The minimum Gasteiger partial charge on any atom is -0.465 e. The van der Waals surface area contributed by atoms with Crippen molar-refractivity contribution >= 4 is 23.6 Å². The SMILES string of the molecule is COC(=O)c1ccc([C@@H]2SCC(=O)N2CCN2CCOCC2)cc1. The Hall–Kier alpha value is -1.57. The van der Waals surface area contributed by atoms with Crippen molar-refractivity contribution in [2.24, 2.45) is 0 Å². The summed E-state index contributed by atoms with van der Waals surface area (Å²) in [4.78, 5) is 28.0. The van der Waals surface area contributed by atoms with Crippen molar-refractivity contribution < 1.29 is 19.1 Å². The van der Waals surface area contributed by atoms with Gasteiger partial charge in [-0.15, -0.1) is 11.8 Å². The molecule has 0 spiro atoms. The second kappa shape index (κ2) is 8.00. The van der Waals surface area contributed by atoms with Gasteiger partial charge in [-0.3, -0.25) is 9.69 Å².